The Morgan fingerprint density at radius 1 is 0.944 bits per heavy atom. The van der Waals surface area contributed by atoms with Gasteiger partial charge in [0.25, 0.3) is 0 Å². The normalized spacial score (nSPS) is 10.8. The molecule has 0 amide bonds. The summed E-state index contributed by atoms with van der Waals surface area (Å²) in [6, 6.07) is 15.4. The lowest BCUT2D eigenvalue weighted by Crippen LogP contribution is -2.05. The monoisotopic (exact) mass is 236 g/mol. The molecule has 0 bridgehead atoms. The van der Waals surface area contributed by atoms with E-state index in [9.17, 15) is 4.79 Å². The highest BCUT2D eigenvalue weighted by atomic mass is 16.1. The molecule has 2 aromatic rings. The SMILES string of the molecule is C/C=C/c1ccccc1C(=O)c1ccccc1C. The van der Waals surface area contributed by atoms with Crippen LogP contribution in [0.3, 0.4) is 0 Å². The fourth-order valence-electron chi connectivity index (χ4n) is 2.00. The summed E-state index contributed by atoms with van der Waals surface area (Å²) >= 11 is 0. The van der Waals surface area contributed by atoms with Crippen LogP contribution in [0.2, 0.25) is 0 Å². The summed E-state index contributed by atoms with van der Waals surface area (Å²) in [6.07, 6.45) is 3.91. The first-order chi connectivity index (χ1) is 8.74. The summed E-state index contributed by atoms with van der Waals surface area (Å²) in [7, 11) is 0. The van der Waals surface area contributed by atoms with Gasteiger partial charge in [-0.1, -0.05) is 60.7 Å². The van der Waals surface area contributed by atoms with Gasteiger partial charge in [-0.3, -0.25) is 4.79 Å². The minimum atomic E-state index is 0.0850. The molecule has 0 aliphatic rings. The van der Waals surface area contributed by atoms with Crippen molar-refractivity contribution in [1.29, 1.82) is 0 Å². The van der Waals surface area contributed by atoms with Crippen molar-refractivity contribution in [3.63, 3.8) is 0 Å². The molecule has 0 unspecified atom stereocenters. The summed E-state index contributed by atoms with van der Waals surface area (Å²) in [4.78, 5) is 12.5. The fraction of sp³-hybridized carbons (Fsp3) is 0.118. The number of hydrogen-bond donors (Lipinski definition) is 0. The summed E-state index contributed by atoms with van der Waals surface area (Å²) in [5.41, 5.74) is 3.50. The maximum Gasteiger partial charge on any atom is 0.193 e. The van der Waals surface area contributed by atoms with E-state index in [1.165, 1.54) is 0 Å². The summed E-state index contributed by atoms with van der Waals surface area (Å²) in [5.74, 6) is 0.0850. The molecule has 1 nitrogen and oxygen atoms in total. The second kappa shape index (κ2) is 5.46. The van der Waals surface area contributed by atoms with Crippen LogP contribution < -0.4 is 0 Å². The minimum absolute atomic E-state index is 0.0850. The molecule has 0 aromatic heterocycles. The molecule has 0 radical (unpaired) electrons. The lowest BCUT2D eigenvalue weighted by atomic mass is 9.95. The molecule has 0 heterocycles. The molecule has 18 heavy (non-hydrogen) atoms. The first-order valence-electron chi connectivity index (χ1n) is 6.06. The van der Waals surface area contributed by atoms with Gasteiger partial charge in [-0.05, 0) is 25.0 Å². The van der Waals surface area contributed by atoms with Crippen LogP contribution in [0.1, 0.15) is 34.0 Å². The van der Waals surface area contributed by atoms with Gasteiger partial charge in [0.05, 0.1) is 0 Å². The van der Waals surface area contributed by atoms with E-state index in [0.29, 0.717) is 0 Å². The Morgan fingerprint density at radius 2 is 1.56 bits per heavy atom. The number of benzene rings is 2. The second-order valence-corrected chi connectivity index (χ2v) is 4.23. The highest BCUT2D eigenvalue weighted by Gasteiger charge is 2.13. The molecule has 0 fully saturated rings. The first-order valence-corrected chi connectivity index (χ1v) is 6.06. The van der Waals surface area contributed by atoms with Crippen molar-refractivity contribution < 1.29 is 4.79 Å². The van der Waals surface area contributed by atoms with Crippen LogP contribution in [0, 0.1) is 6.92 Å². The zero-order chi connectivity index (χ0) is 13.0. The number of carbonyl (C=O) groups excluding carboxylic acids is 1. The van der Waals surface area contributed by atoms with E-state index in [0.717, 1.165) is 22.3 Å². The zero-order valence-corrected chi connectivity index (χ0v) is 10.7. The van der Waals surface area contributed by atoms with Crippen molar-refractivity contribution in [3.8, 4) is 0 Å². The Kier molecular flexibility index (Phi) is 3.73. The molecule has 2 rings (SSSR count). The van der Waals surface area contributed by atoms with E-state index < -0.39 is 0 Å². The Hall–Kier alpha value is -2.15. The standard InChI is InChI=1S/C17H16O/c1-3-8-14-10-5-7-12-16(14)17(18)15-11-6-4-9-13(15)2/h3-12H,1-2H3/b8-3+. The fourth-order valence-corrected chi connectivity index (χ4v) is 2.00. The summed E-state index contributed by atoms with van der Waals surface area (Å²) < 4.78 is 0. The summed E-state index contributed by atoms with van der Waals surface area (Å²) in [5, 5.41) is 0. The second-order valence-electron chi connectivity index (χ2n) is 4.23. The van der Waals surface area contributed by atoms with Gasteiger partial charge in [0, 0.05) is 11.1 Å². The van der Waals surface area contributed by atoms with E-state index in [4.69, 9.17) is 0 Å². The topological polar surface area (TPSA) is 17.1 Å². The molecule has 90 valence electrons. The molecule has 0 N–H and O–H groups in total. The molecular formula is C17H16O. The van der Waals surface area contributed by atoms with Gasteiger partial charge < -0.3 is 0 Å². The van der Waals surface area contributed by atoms with Gasteiger partial charge in [0.1, 0.15) is 0 Å². The number of hydrogen-bond acceptors (Lipinski definition) is 1. The summed E-state index contributed by atoms with van der Waals surface area (Å²) in [6.45, 7) is 3.92. The molecule has 0 aliphatic heterocycles. The van der Waals surface area contributed by atoms with Crippen LogP contribution in [0.5, 0.6) is 0 Å². The number of carbonyl (C=O) groups is 1. The van der Waals surface area contributed by atoms with Crippen molar-refractivity contribution in [2.45, 2.75) is 13.8 Å². The lowest BCUT2D eigenvalue weighted by molar-refractivity contribution is 0.103. The number of rotatable bonds is 3. The molecule has 0 spiro atoms. The molecule has 1 heteroatoms. The highest BCUT2D eigenvalue weighted by Crippen LogP contribution is 2.18. The largest absolute Gasteiger partial charge is 0.289 e. The quantitative estimate of drug-likeness (QED) is 0.728. The van der Waals surface area contributed by atoms with Gasteiger partial charge in [0.15, 0.2) is 5.78 Å². The van der Waals surface area contributed by atoms with E-state index in [-0.39, 0.29) is 5.78 Å². The Bertz CT molecular complexity index is 594. The predicted molar refractivity (Wildman–Crippen MR) is 75.8 cm³/mol. The number of ketones is 1. The van der Waals surface area contributed by atoms with Gasteiger partial charge in [-0.25, -0.2) is 0 Å². The van der Waals surface area contributed by atoms with Crippen LogP contribution in [0.25, 0.3) is 6.08 Å². The van der Waals surface area contributed by atoms with E-state index >= 15 is 0 Å². The third-order valence-corrected chi connectivity index (χ3v) is 2.94. The Balaban J connectivity index is 2.50. The van der Waals surface area contributed by atoms with Crippen LogP contribution in [0.4, 0.5) is 0 Å². The molecule has 0 aliphatic carbocycles. The Labute approximate surface area is 108 Å². The molecule has 0 atom stereocenters. The van der Waals surface area contributed by atoms with Crippen molar-refractivity contribution >= 4 is 11.9 Å². The van der Waals surface area contributed by atoms with Gasteiger partial charge >= 0.3 is 0 Å². The van der Waals surface area contributed by atoms with E-state index in [1.807, 2.05) is 74.5 Å². The van der Waals surface area contributed by atoms with Gasteiger partial charge in [-0.2, -0.15) is 0 Å². The van der Waals surface area contributed by atoms with Crippen LogP contribution in [-0.4, -0.2) is 5.78 Å². The minimum Gasteiger partial charge on any atom is -0.289 e. The van der Waals surface area contributed by atoms with Gasteiger partial charge in [0.2, 0.25) is 0 Å². The zero-order valence-electron chi connectivity index (χ0n) is 10.7. The van der Waals surface area contributed by atoms with Crippen molar-refractivity contribution in [3.05, 3.63) is 76.9 Å². The molecule has 0 saturated carbocycles. The third-order valence-electron chi connectivity index (χ3n) is 2.94. The maximum absolute atomic E-state index is 12.5. The Morgan fingerprint density at radius 3 is 2.22 bits per heavy atom. The maximum atomic E-state index is 12.5. The van der Waals surface area contributed by atoms with Crippen molar-refractivity contribution in [2.75, 3.05) is 0 Å². The number of aryl methyl sites for hydroxylation is 1. The smallest absolute Gasteiger partial charge is 0.193 e. The molecular weight excluding hydrogens is 220 g/mol. The van der Waals surface area contributed by atoms with E-state index in [1.54, 1.807) is 0 Å². The van der Waals surface area contributed by atoms with Crippen LogP contribution in [0.15, 0.2) is 54.6 Å². The van der Waals surface area contributed by atoms with Gasteiger partial charge in [-0.15, -0.1) is 0 Å². The van der Waals surface area contributed by atoms with Crippen molar-refractivity contribution in [2.24, 2.45) is 0 Å². The predicted octanol–water partition coefficient (Wildman–Crippen LogP) is 4.26. The molecule has 0 saturated heterocycles. The molecule has 2 aromatic carbocycles. The number of allylic oxidation sites excluding steroid dienone is 1. The van der Waals surface area contributed by atoms with E-state index in [2.05, 4.69) is 0 Å². The van der Waals surface area contributed by atoms with Crippen molar-refractivity contribution in [1.82, 2.24) is 0 Å². The average molecular weight is 236 g/mol. The first kappa shape index (κ1) is 12.3. The average Bonchev–Trinajstić information content (AvgIpc) is 2.40. The lowest BCUT2D eigenvalue weighted by Gasteiger charge is -2.07. The van der Waals surface area contributed by atoms with Crippen LogP contribution >= 0.6 is 0 Å². The third kappa shape index (κ3) is 2.40. The highest BCUT2D eigenvalue weighted by molar-refractivity contribution is 6.11. The van der Waals surface area contributed by atoms with Crippen LogP contribution in [-0.2, 0) is 0 Å².